The lowest BCUT2D eigenvalue weighted by Gasteiger charge is -2.15. The normalized spacial score (nSPS) is 14.0. The lowest BCUT2D eigenvalue weighted by Crippen LogP contribution is -2.36. The number of ether oxygens (including phenoxy) is 2. The van der Waals surface area contributed by atoms with Crippen LogP contribution in [0.25, 0.3) is 6.08 Å². The number of carbonyl (C=O) groups is 3. The molecule has 4 rings (SSSR count). The van der Waals surface area contributed by atoms with Gasteiger partial charge in [0.25, 0.3) is 16.8 Å². The predicted octanol–water partition coefficient (Wildman–Crippen LogP) is 6.61. The molecule has 3 aromatic carbocycles. The van der Waals surface area contributed by atoms with Crippen molar-refractivity contribution in [1.29, 1.82) is 0 Å². The number of nitro groups is 1. The van der Waals surface area contributed by atoms with Gasteiger partial charge >= 0.3 is 0 Å². The first-order valence-electron chi connectivity index (χ1n) is 11.8. The summed E-state index contributed by atoms with van der Waals surface area (Å²) in [5.41, 5.74) is 1.89. The van der Waals surface area contributed by atoms with Gasteiger partial charge < -0.3 is 14.8 Å². The van der Waals surface area contributed by atoms with E-state index < -0.39 is 28.5 Å². The second kappa shape index (κ2) is 13.3. The lowest BCUT2D eigenvalue weighted by atomic mass is 10.1. The van der Waals surface area contributed by atoms with E-state index in [-0.39, 0.29) is 17.2 Å². The maximum atomic E-state index is 13.0. The molecule has 1 saturated heterocycles. The van der Waals surface area contributed by atoms with Crippen LogP contribution in [0, 0.1) is 13.7 Å². The lowest BCUT2D eigenvalue weighted by molar-refractivity contribution is -0.384. The monoisotopic (exact) mass is 737 g/mol. The van der Waals surface area contributed by atoms with Crippen LogP contribution in [0.15, 0.2) is 70.0 Å². The number of anilines is 1. The van der Waals surface area contributed by atoms with Gasteiger partial charge in [-0.15, -0.1) is 0 Å². The summed E-state index contributed by atoms with van der Waals surface area (Å²) < 4.78 is 13.3. The van der Waals surface area contributed by atoms with Gasteiger partial charge in [0.2, 0.25) is 5.91 Å². The molecule has 0 unspecified atom stereocenters. The van der Waals surface area contributed by atoms with Gasteiger partial charge in [-0.05, 0) is 107 Å². The van der Waals surface area contributed by atoms with Crippen LogP contribution in [0.5, 0.6) is 11.5 Å². The number of carbonyl (C=O) groups excluding carboxylic acids is 3. The molecule has 1 aliphatic heterocycles. The third kappa shape index (κ3) is 7.40. The van der Waals surface area contributed by atoms with Crippen LogP contribution < -0.4 is 14.8 Å². The third-order valence-electron chi connectivity index (χ3n) is 5.46. The number of nitro benzene ring substituents is 1. The van der Waals surface area contributed by atoms with Gasteiger partial charge in [0.05, 0.1) is 20.0 Å². The molecule has 40 heavy (non-hydrogen) atoms. The molecular weight excluding hydrogens is 717 g/mol. The molecule has 0 radical (unpaired) electrons. The first-order chi connectivity index (χ1) is 19.1. The Labute approximate surface area is 255 Å². The van der Waals surface area contributed by atoms with Gasteiger partial charge in [0.1, 0.15) is 13.2 Å². The average Bonchev–Trinajstić information content (AvgIpc) is 3.17. The van der Waals surface area contributed by atoms with Crippen molar-refractivity contribution in [3.8, 4) is 11.5 Å². The number of thioether (sulfide) groups is 1. The highest BCUT2D eigenvalue weighted by Crippen LogP contribution is 2.38. The number of nitrogens with zero attached hydrogens (tertiary/aromatic N) is 2. The van der Waals surface area contributed by atoms with E-state index in [9.17, 15) is 24.5 Å². The molecule has 0 aromatic heterocycles. The molecule has 1 aliphatic rings. The fourth-order valence-corrected chi connectivity index (χ4v) is 5.49. The van der Waals surface area contributed by atoms with Crippen LogP contribution >= 0.6 is 50.3 Å². The quantitative estimate of drug-likeness (QED) is 0.107. The summed E-state index contributed by atoms with van der Waals surface area (Å²) in [7, 11) is 0. The van der Waals surface area contributed by atoms with Gasteiger partial charge in [-0.3, -0.25) is 29.4 Å². The summed E-state index contributed by atoms with van der Waals surface area (Å²) in [5, 5.41) is 13.0. The zero-order chi connectivity index (χ0) is 28.8. The van der Waals surface area contributed by atoms with Gasteiger partial charge in [-0.2, -0.15) is 0 Å². The predicted molar refractivity (Wildman–Crippen MR) is 163 cm³/mol. The molecule has 13 heteroatoms. The maximum absolute atomic E-state index is 13.0. The molecule has 206 valence electrons. The molecule has 10 nitrogen and oxygen atoms in total. The van der Waals surface area contributed by atoms with Crippen molar-refractivity contribution >= 4 is 84.8 Å². The number of non-ortho nitro benzene ring substituents is 1. The summed E-state index contributed by atoms with van der Waals surface area (Å²) in [5.74, 6) is -0.132. The van der Waals surface area contributed by atoms with Crippen molar-refractivity contribution in [2.24, 2.45) is 0 Å². The molecule has 1 N–H and O–H groups in total. The van der Waals surface area contributed by atoms with Crippen molar-refractivity contribution in [2.45, 2.75) is 13.5 Å². The topological polar surface area (TPSA) is 128 Å². The maximum Gasteiger partial charge on any atom is 0.294 e. The van der Waals surface area contributed by atoms with Gasteiger partial charge in [0, 0.05) is 22.3 Å². The zero-order valence-corrected chi connectivity index (χ0v) is 25.4. The van der Waals surface area contributed by atoms with Crippen molar-refractivity contribution in [3.05, 3.63) is 94.9 Å². The number of benzene rings is 3. The summed E-state index contributed by atoms with van der Waals surface area (Å²) in [6.45, 7) is 1.94. The van der Waals surface area contributed by atoms with E-state index in [2.05, 4.69) is 43.8 Å². The Balaban J connectivity index is 1.47. The number of hydrogen-bond donors (Lipinski definition) is 1. The van der Waals surface area contributed by atoms with Crippen molar-refractivity contribution in [3.63, 3.8) is 0 Å². The van der Waals surface area contributed by atoms with E-state index in [0.717, 1.165) is 26.7 Å². The molecular formula is C27H21BrIN3O7S. The average molecular weight is 738 g/mol. The summed E-state index contributed by atoms with van der Waals surface area (Å²) in [4.78, 5) is 49.5. The highest BCUT2D eigenvalue weighted by Gasteiger charge is 2.36. The van der Waals surface area contributed by atoms with E-state index in [1.165, 1.54) is 12.1 Å². The standard InChI is InChI=1S/C27H21BrIN3O7S/c1-2-38-22-12-17(11-21(29)25(22)39-15-16-3-9-20(10-4-16)32(36)37)13-23-26(34)31(27(35)40-23)14-24(33)30-19-7-5-18(28)6-8-19/h3-13H,2,14-15H2,1H3,(H,30,33)/b23-13+. The van der Waals surface area contributed by atoms with Gasteiger partial charge in [0.15, 0.2) is 11.5 Å². The van der Waals surface area contributed by atoms with Gasteiger partial charge in [-0.1, -0.05) is 15.9 Å². The Kier molecular flexibility index (Phi) is 9.81. The van der Waals surface area contributed by atoms with E-state index in [0.29, 0.717) is 32.9 Å². The molecule has 0 aliphatic carbocycles. The second-order valence-corrected chi connectivity index (χ2v) is 11.4. The van der Waals surface area contributed by atoms with Crippen LogP contribution in [-0.2, 0) is 16.2 Å². The molecule has 0 spiro atoms. The van der Waals surface area contributed by atoms with Crippen LogP contribution in [0.1, 0.15) is 18.1 Å². The SMILES string of the molecule is CCOc1cc(/C=C2/SC(=O)N(CC(=O)Nc3ccc(Br)cc3)C2=O)cc(I)c1OCc1ccc([N+](=O)[O-])cc1. The van der Waals surface area contributed by atoms with Crippen molar-refractivity contribution in [2.75, 3.05) is 18.5 Å². The smallest absolute Gasteiger partial charge is 0.294 e. The van der Waals surface area contributed by atoms with Gasteiger partial charge in [-0.25, -0.2) is 0 Å². The highest BCUT2D eigenvalue weighted by atomic mass is 127. The van der Waals surface area contributed by atoms with E-state index in [1.54, 1.807) is 54.6 Å². The Morgan fingerprint density at radius 2 is 1.82 bits per heavy atom. The minimum absolute atomic E-state index is 0.00711. The molecule has 3 aromatic rings. The molecule has 1 heterocycles. The number of imide groups is 1. The third-order valence-corrected chi connectivity index (χ3v) is 7.70. The number of nitrogens with one attached hydrogen (secondary N) is 1. The number of halogens is 2. The van der Waals surface area contributed by atoms with E-state index >= 15 is 0 Å². The number of amides is 3. The molecule has 0 atom stereocenters. The Morgan fingerprint density at radius 3 is 2.48 bits per heavy atom. The Hall–Kier alpha value is -3.43. The van der Waals surface area contributed by atoms with Crippen LogP contribution in [0.4, 0.5) is 16.2 Å². The summed E-state index contributed by atoms with van der Waals surface area (Å²) in [6, 6.07) is 16.5. The highest BCUT2D eigenvalue weighted by molar-refractivity contribution is 14.1. The molecule has 0 saturated carbocycles. The fraction of sp³-hybridized carbons (Fsp3) is 0.148. The Bertz CT molecular complexity index is 1500. The Morgan fingerprint density at radius 1 is 1.12 bits per heavy atom. The van der Waals surface area contributed by atoms with Crippen LogP contribution in [0.3, 0.4) is 0 Å². The molecule has 1 fully saturated rings. The second-order valence-electron chi connectivity index (χ2n) is 8.30. The largest absolute Gasteiger partial charge is 0.490 e. The first kappa shape index (κ1) is 29.6. The summed E-state index contributed by atoms with van der Waals surface area (Å²) >= 11 is 6.17. The van der Waals surface area contributed by atoms with Crippen molar-refractivity contribution < 1.29 is 28.8 Å². The minimum Gasteiger partial charge on any atom is -0.490 e. The van der Waals surface area contributed by atoms with Crippen LogP contribution in [-0.4, -0.2) is 40.0 Å². The van der Waals surface area contributed by atoms with Crippen LogP contribution in [0.2, 0.25) is 0 Å². The van der Waals surface area contributed by atoms with Crippen molar-refractivity contribution in [1.82, 2.24) is 4.90 Å². The fourth-order valence-electron chi connectivity index (χ4n) is 3.61. The minimum atomic E-state index is -0.563. The molecule has 0 bridgehead atoms. The first-order valence-corrected chi connectivity index (χ1v) is 14.5. The van der Waals surface area contributed by atoms with E-state index in [1.807, 2.05) is 6.92 Å². The summed E-state index contributed by atoms with van der Waals surface area (Å²) in [6.07, 6.45) is 1.57. The van der Waals surface area contributed by atoms with E-state index in [4.69, 9.17) is 9.47 Å². The number of rotatable bonds is 10. The zero-order valence-electron chi connectivity index (χ0n) is 20.9. The molecule has 3 amide bonds. The number of hydrogen-bond acceptors (Lipinski definition) is 8.